The second-order valence-electron chi connectivity index (χ2n) is 6.61. The standard InChI is InChI=1S/C20H16Cl2N8S2/c21-15-5-1-13(2-6-15)11-23-29-17(25-27-19(29)31)9-10-18-26-28-20(32)30(18)24-12-14-3-7-16(22)8-4-14/h1-8,11-12H,9-10H2,(H,27,31)(H,28,32)/b23-11+,24-12+. The van der Waals surface area contributed by atoms with Gasteiger partial charge in [-0.15, -0.1) is 0 Å². The Bertz CT molecular complexity index is 1270. The Kier molecular flexibility index (Phi) is 7.05. The molecule has 0 aliphatic carbocycles. The molecule has 0 radical (unpaired) electrons. The van der Waals surface area contributed by atoms with Gasteiger partial charge in [-0.2, -0.15) is 29.8 Å². The Hall–Kier alpha value is -2.92. The Morgan fingerprint density at radius 2 is 1.09 bits per heavy atom. The zero-order chi connectivity index (χ0) is 22.5. The first-order valence-corrected chi connectivity index (χ1v) is 11.0. The molecule has 4 rings (SSSR count). The highest BCUT2D eigenvalue weighted by atomic mass is 35.5. The van der Waals surface area contributed by atoms with Gasteiger partial charge >= 0.3 is 0 Å². The summed E-state index contributed by atoms with van der Waals surface area (Å²) in [6.45, 7) is 0. The molecule has 0 aliphatic rings. The highest BCUT2D eigenvalue weighted by Crippen LogP contribution is 2.10. The largest absolute Gasteiger partial charge is 0.250 e. The van der Waals surface area contributed by atoms with E-state index in [4.69, 9.17) is 47.6 Å². The van der Waals surface area contributed by atoms with Gasteiger partial charge in [0.05, 0.1) is 12.4 Å². The van der Waals surface area contributed by atoms with E-state index in [1.165, 1.54) is 0 Å². The van der Waals surface area contributed by atoms with Crippen LogP contribution < -0.4 is 0 Å². The molecular weight excluding hydrogens is 487 g/mol. The molecule has 162 valence electrons. The highest BCUT2D eigenvalue weighted by molar-refractivity contribution is 7.71. The summed E-state index contributed by atoms with van der Waals surface area (Å²) in [4.78, 5) is 0. The number of aromatic nitrogens is 6. The Labute approximate surface area is 203 Å². The van der Waals surface area contributed by atoms with E-state index in [-0.39, 0.29) is 0 Å². The number of nitrogens with one attached hydrogen (secondary N) is 2. The van der Waals surface area contributed by atoms with Crippen LogP contribution in [-0.2, 0) is 12.8 Å². The van der Waals surface area contributed by atoms with Crippen molar-refractivity contribution >= 4 is 60.1 Å². The van der Waals surface area contributed by atoms with Crippen molar-refractivity contribution in [1.82, 2.24) is 29.7 Å². The summed E-state index contributed by atoms with van der Waals surface area (Å²) >= 11 is 22.5. The molecule has 2 heterocycles. The fourth-order valence-electron chi connectivity index (χ4n) is 2.78. The van der Waals surface area contributed by atoms with Crippen LogP contribution in [0.15, 0.2) is 58.7 Å². The van der Waals surface area contributed by atoms with Gasteiger partial charge in [0.15, 0.2) is 11.6 Å². The highest BCUT2D eigenvalue weighted by Gasteiger charge is 2.10. The Morgan fingerprint density at radius 1 is 0.719 bits per heavy atom. The summed E-state index contributed by atoms with van der Waals surface area (Å²) in [6.07, 6.45) is 4.41. The molecule has 0 aliphatic heterocycles. The number of hydrogen-bond acceptors (Lipinski definition) is 6. The molecule has 8 nitrogen and oxygen atoms in total. The molecule has 0 saturated carbocycles. The average Bonchev–Trinajstić information content (AvgIpc) is 3.33. The van der Waals surface area contributed by atoms with Gasteiger partial charge in [0, 0.05) is 22.9 Å². The first-order chi connectivity index (χ1) is 15.5. The van der Waals surface area contributed by atoms with Gasteiger partial charge in [-0.1, -0.05) is 47.5 Å². The van der Waals surface area contributed by atoms with Gasteiger partial charge in [0.2, 0.25) is 9.54 Å². The van der Waals surface area contributed by atoms with Crippen LogP contribution in [0, 0.1) is 9.54 Å². The van der Waals surface area contributed by atoms with Gasteiger partial charge in [0.25, 0.3) is 0 Å². The van der Waals surface area contributed by atoms with Crippen LogP contribution in [0.2, 0.25) is 10.0 Å². The van der Waals surface area contributed by atoms with Gasteiger partial charge in [-0.3, -0.25) is 10.2 Å². The molecule has 0 saturated heterocycles. The number of aromatic amines is 2. The topological polar surface area (TPSA) is 91.9 Å². The lowest BCUT2D eigenvalue weighted by Crippen LogP contribution is -2.05. The van der Waals surface area contributed by atoms with E-state index in [2.05, 4.69) is 30.6 Å². The molecule has 0 spiro atoms. The minimum Gasteiger partial charge on any atom is -0.250 e. The maximum atomic E-state index is 5.92. The number of aryl methyl sites for hydroxylation is 2. The van der Waals surface area contributed by atoms with Crippen LogP contribution in [0.4, 0.5) is 0 Å². The van der Waals surface area contributed by atoms with Crippen molar-refractivity contribution in [2.45, 2.75) is 12.8 Å². The molecule has 0 amide bonds. The zero-order valence-corrected chi connectivity index (χ0v) is 19.6. The first-order valence-electron chi connectivity index (χ1n) is 9.42. The number of nitrogens with zero attached hydrogens (tertiary/aromatic N) is 6. The molecule has 0 fully saturated rings. The van der Waals surface area contributed by atoms with E-state index >= 15 is 0 Å². The molecule has 2 aromatic heterocycles. The van der Waals surface area contributed by atoms with E-state index < -0.39 is 0 Å². The maximum Gasteiger partial charge on any atom is 0.216 e. The summed E-state index contributed by atoms with van der Waals surface area (Å²) in [5.74, 6) is 1.31. The van der Waals surface area contributed by atoms with E-state index in [0.717, 1.165) is 11.1 Å². The van der Waals surface area contributed by atoms with Crippen LogP contribution in [0.25, 0.3) is 0 Å². The summed E-state index contributed by atoms with van der Waals surface area (Å²) in [6, 6.07) is 14.7. The average molecular weight is 503 g/mol. The third-order valence-corrected chi connectivity index (χ3v) is 5.42. The molecular formula is C20H16Cl2N8S2. The van der Waals surface area contributed by atoms with Gasteiger partial charge < -0.3 is 0 Å². The van der Waals surface area contributed by atoms with Crippen molar-refractivity contribution in [3.05, 3.63) is 90.9 Å². The van der Waals surface area contributed by atoms with Crippen molar-refractivity contribution in [3.8, 4) is 0 Å². The molecule has 0 bridgehead atoms. The quantitative estimate of drug-likeness (QED) is 0.273. The molecule has 4 aromatic rings. The minimum absolute atomic E-state index is 0.393. The number of halogens is 2. The third-order valence-electron chi connectivity index (χ3n) is 4.39. The van der Waals surface area contributed by atoms with Crippen molar-refractivity contribution in [3.63, 3.8) is 0 Å². The van der Waals surface area contributed by atoms with Crippen molar-refractivity contribution in [2.24, 2.45) is 10.2 Å². The minimum atomic E-state index is 0.393. The number of rotatable bonds is 7. The lowest BCUT2D eigenvalue weighted by atomic mass is 10.2. The summed E-state index contributed by atoms with van der Waals surface area (Å²) in [7, 11) is 0. The predicted molar refractivity (Wildman–Crippen MR) is 131 cm³/mol. The van der Waals surface area contributed by atoms with E-state index in [1.54, 1.807) is 46.0 Å². The molecule has 12 heteroatoms. The second kappa shape index (κ2) is 10.1. The molecule has 2 aromatic carbocycles. The zero-order valence-electron chi connectivity index (χ0n) is 16.4. The van der Waals surface area contributed by atoms with Crippen molar-refractivity contribution < 1.29 is 0 Å². The van der Waals surface area contributed by atoms with Gasteiger partial charge in [0.1, 0.15) is 0 Å². The number of benzene rings is 2. The number of H-pyrrole nitrogens is 2. The lowest BCUT2D eigenvalue weighted by Gasteiger charge is -2.02. The fourth-order valence-corrected chi connectivity index (χ4v) is 3.43. The second-order valence-corrected chi connectivity index (χ2v) is 8.25. The van der Waals surface area contributed by atoms with E-state index in [0.29, 0.717) is 44.1 Å². The van der Waals surface area contributed by atoms with Crippen LogP contribution in [0.3, 0.4) is 0 Å². The van der Waals surface area contributed by atoms with E-state index in [1.807, 2.05) is 24.3 Å². The van der Waals surface area contributed by atoms with Gasteiger partial charge in [-0.25, -0.2) is 0 Å². The maximum absolute atomic E-state index is 5.92. The summed E-state index contributed by atoms with van der Waals surface area (Å²) in [5, 5.41) is 24.3. The number of hydrogen-bond donors (Lipinski definition) is 2. The fraction of sp³-hybridized carbons (Fsp3) is 0.100. The van der Waals surface area contributed by atoms with Crippen LogP contribution in [0.1, 0.15) is 22.8 Å². The molecule has 32 heavy (non-hydrogen) atoms. The lowest BCUT2D eigenvalue weighted by molar-refractivity contribution is 0.699. The Balaban J connectivity index is 1.50. The van der Waals surface area contributed by atoms with E-state index in [9.17, 15) is 0 Å². The summed E-state index contributed by atoms with van der Waals surface area (Å²) in [5.41, 5.74) is 1.78. The molecule has 2 N–H and O–H groups in total. The molecule has 0 atom stereocenters. The smallest absolute Gasteiger partial charge is 0.216 e. The molecule has 0 unspecified atom stereocenters. The van der Waals surface area contributed by atoms with Gasteiger partial charge in [-0.05, 0) is 59.8 Å². The third kappa shape index (κ3) is 5.46. The Morgan fingerprint density at radius 3 is 1.47 bits per heavy atom. The predicted octanol–water partition coefficient (Wildman–Crippen LogP) is 5.05. The monoisotopic (exact) mass is 502 g/mol. The van der Waals surface area contributed by atoms with Crippen LogP contribution in [-0.4, -0.2) is 42.2 Å². The van der Waals surface area contributed by atoms with Crippen molar-refractivity contribution in [2.75, 3.05) is 0 Å². The first kappa shape index (κ1) is 22.3. The van der Waals surface area contributed by atoms with Crippen molar-refractivity contribution in [1.29, 1.82) is 0 Å². The van der Waals surface area contributed by atoms with Crippen LogP contribution in [0.5, 0.6) is 0 Å². The SMILES string of the molecule is S=c1[nH]nc(CCc2n[nH]c(=S)n2/N=C/c2ccc(Cl)cc2)n1/N=C/c1ccc(Cl)cc1. The van der Waals surface area contributed by atoms with Crippen LogP contribution >= 0.6 is 47.6 Å². The summed E-state index contributed by atoms with van der Waals surface area (Å²) < 4.78 is 3.94. The normalized spacial score (nSPS) is 11.7.